The standard InChI is InChI=1S/C56H68N2O12/c1-9-10-11-12-27-66-46(59)33-56(64,23-13-21-54(6,7)63)51(62)70-48-44(65-8)32-55-22-14-26-58(55)45(30-37-29-42-43(68-34-67-42)31-39(37)47(48)55)69-50(61)35-15-18-38(19-16-35)57-49(60)36-17-20-40-41(28-36)53(4,5)25-24-52(40,2)3/h9-12,15-20,28-29,31-32,45,47-48,63-64H,13-14,21-27,30,33-34H2,1-8H3,(H,57,60)/b10-9+,12-11+/t45?,47-,48-,55+,56-/m1/s1. The first-order chi connectivity index (χ1) is 33.2. The molecule has 5 aliphatic rings. The highest BCUT2D eigenvalue weighted by molar-refractivity contribution is 6.04. The van der Waals surface area contributed by atoms with E-state index < -0.39 is 59.3 Å². The van der Waals surface area contributed by atoms with E-state index in [2.05, 4.69) is 44.0 Å². The SMILES string of the molecule is C/C=C/C=C/COC(=O)C[C@](O)(CCCC(C)(C)O)C(=O)O[C@@H]1C(OC)=C[C@]23CCCN2C(OC(=O)c2ccc(NC(=O)c4ccc5c(c4)C(C)(C)CCC5(C)C)cc2)Cc2cc4c(cc2[C@H]13)OCO4. The number of anilines is 1. The molecule has 1 spiro atoms. The third-order valence-electron chi connectivity index (χ3n) is 14.9. The van der Waals surface area contributed by atoms with E-state index in [0.29, 0.717) is 53.5 Å². The number of amides is 1. The molecular weight excluding hydrogens is 893 g/mol. The maximum absolute atomic E-state index is 14.6. The highest BCUT2D eigenvalue weighted by Gasteiger charge is 2.61. The third-order valence-corrected chi connectivity index (χ3v) is 14.9. The molecule has 1 fully saturated rings. The van der Waals surface area contributed by atoms with E-state index in [0.717, 1.165) is 24.0 Å². The van der Waals surface area contributed by atoms with Crippen molar-refractivity contribution < 1.29 is 57.8 Å². The summed E-state index contributed by atoms with van der Waals surface area (Å²) < 4.78 is 36.0. The van der Waals surface area contributed by atoms with Crippen LogP contribution in [-0.2, 0) is 45.8 Å². The number of fused-ring (bicyclic) bond motifs is 4. The zero-order chi connectivity index (χ0) is 50.2. The van der Waals surface area contributed by atoms with Gasteiger partial charge in [0.05, 0.1) is 36.2 Å². The molecule has 1 unspecified atom stereocenters. The molecule has 14 nitrogen and oxygen atoms in total. The predicted octanol–water partition coefficient (Wildman–Crippen LogP) is 8.87. The van der Waals surface area contributed by atoms with Crippen LogP contribution in [0.2, 0.25) is 0 Å². The number of carbonyl (C=O) groups excluding carboxylic acids is 4. The zero-order valence-electron chi connectivity index (χ0n) is 41.7. The van der Waals surface area contributed by atoms with Gasteiger partial charge in [0.25, 0.3) is 5.91 Å². The van der Waals surface area contributed by atoms with Crippen LogP contribution in [0.4, 0.5) is 5.69 Å². The molecule has 70 heavy (non-hydrogen) atoms. The minimum Gasteiger partial charge on any atom is -0.497 e. The maximum Gasteiger partial charge on any atom is 0.339 e. The fraction of sp³-hybridized carbons (Fsp3) is 0.500. The molecule has 3 aliphatic heterocycles. The van der Waals surface area contributed by atoms with Gasteiger partial charge >= 0.3 is 17.9 Å². The lowest BCUT2D eigenvalue weighted by atomic mass is 9.63. The average Bonchev–Trinajstić information content (AvgIpc) is 4.02. The Balaban J connectivity index is 1.04. The maximum atomic E-state index is 14.6. The summed E-state index contributed by atoms with van der Waals surface area (Å²) in [4.78, 5) is 57.7. The summed E-state index contributed by atoms with van der Waals surface area (Å²) in [7, 11) is 1.49. The predicted molar refractivity (Wildman–Crippen MR) is 263 cm³/mol. The zero-order valence-corrected chi connectivity index (χ0v) is 41.7. The number of nitrogens with zero attached hydrogens (tertiary/aromatic N) is 1. The fourth-order valence-electron chi connectivity index (χ4n) is 11.0. The van der Waals surface area contributed by atoms with Gasteiger partial charge in [0, 0.05) is 24.2 Å². The summed E-state index contributed by atoms with van der Waals surface area (Å²) in [5.41, 5.74) is 1.07. The largest absolute Gasteiger partial charge is 0.497 e. The summed E-state index contributed by atoms with van der Waals surface area (Å²) >= 11 is 0. The van der Waals surface area contributed by atoms with Crippen molar-refractivity contribution in [1.29, 1.82) is 0 Å². The van der Waals surface area contributed by atoms with Gasteiger partial charge in [-0.3, -0.25) is 14.5 Å². The summed E-state index contributed by atoms with van der Waals surface area (Å²) in [5, 5.41) is 25.6. The van der Waals surface area contributed by atoms with Crippen LogP contribution in [0.5, 0.6) is 11.5 Å². The van der Waals surface area contributed by atoms with E-state index in [4.69, 9.17) is 28.4 Å². The van der Waals surface area contributed by atoms with Gasteiger partial charge in [-0.25, -0.2) is 9.59 Å². The summed E-state index contributed by atoms with van der Waals surface area (Å²) in [6.45, 7) is 14.5. The van der Waals surface area contributed by atoms with Crippen LogP contribution < -0.4 is 14.8 Å². The van der Waals surface area contributed by atoms with Crippen LogP contribution in [0.3, 0.4) is 0 Å². The number of nitrogens with one attached hydrogen (secondary N) is 1. The van der Waals surface area contributed by atoms with Crippen molar-refractivity contribution >= 4 is 29.5 Å². The monoisotopic (exact) mass is 960 g/mol. The smallest absolute Gasteiger partial charge is 0.339 e. The highest BCUT2D eigenvalue weighted by atomic mass is 16.7. The summed E-state index contributed by atoms with van der Waals surface area (Å²) in [5.74, 6) is -1.92. The molecule has 1 saturated heterocycles. The molecule has 0 aromatic heterocycles. The number of rotatable bonds is 16. The van der Waals surface area contributed by atoms with Crippen molar-refractivity contribution in [1.82, 2.24) is 4.90 Å². The Morgan fingerprint density at radius 3 is 2.27 bits per heavy atom. The second-order valence-corrected chi connectivity index (χ2v) is 21.4. The topological polar surface area (TPSA) is 179 Å². The Hall–Kier alpha value is -5.96. The Morgan fingerprint density at radius 1 is 0.871 bits per heavy atom. The van der Waals surface area contributed by atoms with E-state index in [1.807, 2.05) is 43.3 Å². The molecule has 2 aliphatic carbocycles. The number of esters is 3. The molecule has 0 saturated carbocycles. The molecule has 5 atom stereocenters. The number of benzene rings is 3. The van der Waals surface area contributed by atoms with E-state index in [9.17, 15) is 29.4 Å². The fourth-order valence-corrected chi connectivity index (χ4v) is 11.0. The van der Waals surface area contributed by atoms with E-state index >= 15 is 0 Å². The number of allylic oxidation sites excluding steroid dienone is 3. The molecule has 0 radical (unpaired) electrons. The molecule has 3 aromatic rings. The Labute approximate surface area is 411 Å². The number of hydrogen-bond acceptors (Lipinski definition) is 13. The first-order valence-corrected chi connectivity index (χ1v) is 24.5. The molecule has 374 valence electrons. The second kappa shape index (κ2) is 19.7. The molecule has 8 rings (SSSR count). The number of carbonyl (C=O) groups is 4. The number of hydrogen-bond donors (Lipinski definition) is 3. The lowest BCUT2D eigenvalue weighted by molar-refractivity contribution is -0.179. The average molecular weight is 961 g/mol. The quantitative estimate of drug-likeness (QED) is 0.0705. The van der Waals surface area contributed by atoms with Gasteiger partial charge in [0.2, 0.25) is 6.79 Å². The molecule has 1 amide bonds. The first kappa shape index (κ1) is 50.4. The molecule has 3 heterocycles. The highest BCUT2D eigenvalue weighted by Crippen LogP contribution is 2.57. The molecule has 3 aromatic carbocycles. The number of ether oxygens (including phenoxy) is 6. The Morgan fingerprint density at radius 2 is 1.57 bits per heavy atom. The van der Waals surface area contributed by atoms with E-state index in [1.54, 1.807) is 56.3 Å². The van der Waals surface area contributed by atoms with Crippen molar-refractivity contribution in [3.8, 4) is 11.5 Å². The van der Waals surface area contributed by atoms with Gasteiger partial charge in [-0.2, -0.15) is 0 Å². The summed E-state index contributed by atoms with van der Waals surface area (Å²) in [6.07, 6.45) is 10.2. The number of aliphatic hydroxyl groups is 2. The van der Waals surface area contributed by atoms with Gasteiger partial charge in [-0.05, 0) is 159 Å². The Kier molecular flexibility index (Phi) is 14.2. The van der Waals surface area contributed by atoms with Crippen molar-refractivity contribution in [2.24, 2.45) is 0 Å². The van der Waals surface area contributed by atoms with Crippen LogP contribution >= 0.6 is 0 Å². The van der Waals surface area contributed by atoms with Crippen molar-refractivity contribution in [2.45, 2.75) is 152 Å². The normalized spacial score (nSPS) is 23.8. The minimum absolute atomic E-state index is 0.0116. The second-order valence-electron chi connectivity index (χ2n) is 21.4. The summed E-state index contributed by atoms with van der Waals surface area (Å²) in [6, 6.07) is 16.4. The van der Waals surface area contributed by atoms with Crippen molar-refractivity contribution in [3.63, 3.8) is 0 Å². The van der Waals surface area contributed by atoms with Crippen LogP contribution in [0.1, 0.15) is 149 Å². The Bertz CT molecular complexity index is 2590. The number of methoxy groups -OCH3 is 1. The van der Waals surface area contributed by atoms with Crippen LogP contribution in [-0.4, -0.2) is 95.1 Å². The first-order valence-electron chi connectivity index (χ1n) is 24.5. The van der Waals surface area contributed by atoms with Gasteiger partial charge in [0.15, 0.2) is 29.4 Å². The van der Waals surface area contributed by atoms with Gasteiger partial charge in [-0.1, -0.05) is 52.0 Å². The van der Waals surface area contributed by atoms with Crippen molar-refractivity contribution in [3.05, 3.63) is 124 Å². The van der Waals surface area contributed by atoms with Gasteiger partial charge in [0.1, 0.15) is 12.4 Å². The molecular formula is C56H68N2O12. The molecule has 14 heteroatoms. The van der Waals surface area contributed by atoms with E-state index in [1.165, 1.54) is 18.2 Å². The lowest BCUT2D eigenvalue weighted by Crippen LogP contribution is -2.53. The minimum atomic E-state index is -2.31. The van der Waals surface area contributed by atoms with Crippen molar-refractivity contribution in [2.75, 3.05) is 32.4 Å². The van der Waals surface area contributed by atoms with Crippen LogP contribution in [0.25, 0.3) is 0 Å². The molecule has 0 bridgehead atoms. The molecule has 3 N–H and O–H groups in total. The van der Waals surface area contributed by atoms with E-state index in [-0.39, 0.29) is 55.8 Å². The lowest BCUT2D eigenvalue weighted by Gasteiger charge is -2.42. The van der Waals surface area contributed by atoms with Crippen LogP contribution in [0.15, 0.2) is 90.7 Å². The van der Waals surface area contributed by atoms with Crippen LogP contribution in [0, 0.1) is 0 Å². The van der Waals surface area contributed by atoms with Gasteiger partial charge in [-0.15, -0.1) is 0 Å². The van der Waals surface area contributed by atoms with Gasteiger partial charge < -0.3 is 44.0 Å². The third kappa shape index (κ3) is 10.3.